The Kier molecular flexibility index (Phi) is 6.72. The summed E-state index contributed by atoms with van der Waals surface area (Å²) < 4.78 is 10.5. The Balaban J connectivity index is 2.05. The molecule has 0 saturated heterocycles. The topological polar surface area (TPSA) is 71.0 Å². The van der Waals surface area contributed by atoms with Crippen LogP contribution in [0.15, 0.2) is 42.5 Å². The molecule has 2 amide bonds. The summed E-state index contributed by atoms with van der Waals surface area (Å²) in [6, 6.07) is 12.2. The number of urea groups is 1. The van der Waals surface area contributed by atoms with Gasteiger partial charge in [0, 0.05) is 13.1 Å². The van der Waals surface area contributed by atoms with Gasteiger partial charge >= 0.3 is 6.03 Å². The van der Waals surface area contributed by atoms with Crippen LogP contribution < -0.4 is 14.8 Å². The molecular formula is C20H26N2O4. The van der Waals surface area contributed by atoms with Gasteiger partial charge in [-0.2, -0.15) is 0 Å². The van der Waals surface area contributed by atoms with Crippen molar-refractivity contribution < 1.29 is 19.4 Å². The fraction of sp³-hybridized carbons (Fsp3) is 0.350. The number of aromatic hydroxyl groups is 1. The Bertz CT molecular complexity index is 748. The number of rotatable bonds is 7. The maximum atomic E-state index is 12.6. The molecule has 0 saturated carbocycles. The number of phenols is 1. The predicted molar refractivity (Wildman–Crippen MR) is 101 cm³/mol. The minimum Gasteiger partial charge on any atom is -0.508 e. The molecule has 0 spiro atoms. The van der Waals surface area contributed by atoms with Gasteiger partial charge in [-0.15, -0.1) is 0 Å². The number of methoxy groups -OCH3 is 2. The van der Waals surface area contributed by atoms with Crippen LogP contribution in [0.5, 0.6) is 17.2 Å². The number of nitrogens with zero attached hydrogens (tertiary/aromatic N) is 1. The molecule has 1 atom stereocenters. The Morgan fingerprint density at radius 1 is 1.15 bits per heavy atom. The second-order valence-corrected chi connectivity index (χ2v) is 5.91. The van der Waals surface area contributed by atoms with Gasteiger partial charge in [-0.25, -0.2) is 4.79 Å². The molecule has 2 aromatic rings. The van der Waals surface area contributed by atoms with E-state index in [0.717, 1.165) is 11.1 Å². The minimum absolute atomic E-state index is 0.155. The summed E-state index contributed by atoms with van der Waals surface area (Å²) in [5.41, 5.74) is 1.80. The summed E-state index contributed by atoms with van der Waals surface area (Å²) in [6.07, 6.45) is 0. The lowest BCUT2D eigenvalue weighted by Crippen LogP contribution is -2.41. The van der Waals surface area contributed by atoms with E-state index in [1.54, 1.807) is 37.3 Å². The molecule has 2 N–H and O–H groups in total. The molecule has 140 valence electrons. The normalized spacial score (nSPS) is 11.5. The molecule has 2 aromatic carbocycles. The summed E-state index contributed by atoms with van der Waals surface area (Å²) >= 11 is 0. The smallest absolute Gasteiger partial charge is 0.318 e. The van der Waals surface area contributed by atoms with Crippen LogP contribution in [0.4, 0.5) is 4.79 Å². The molecule has 0 aromatic heterocycles. The van der Waals surface area contributed by atoms with Gasteiger partial charge in [0.15, 0.2) is 11.5 Å². The Hall–Kier alpha value is -2.89. The van der Waals surface area contributed by atoms with Gasteiger partial charge in [0.1, 0.15) is 5.75 Å². The molecule has 0 fully saturated rings. The Labute approximate surface area is 154 Å². The standard InChI is InChI=1S/C20H26N2O4/c1-5-22(14(2)16-7-6-8-17(23)12-16)20(24)21-13-15-9-10-18(25-3)19(11-15)26-4/h6-12,14,23H,5,13H2,1-4H3,(H,21,24). The molecule has 6 nitrogen and oxygen atoms in total. The maximum absolute atomic E-state index is 12.6. The highest BCUT2D eigenvalue weighted by molar-refractivity contribution is 5.74. The number of carbonyl (C=O) groups excluding carboxylic acids is 1. The van der Waals surface area contributed by atoms with E-state index in [0.29, 0.717) is 24.6 Å². The first-order valence-corrected chi connectivity index (χ1v) is 8.54. The van der Waals surface area contributed by atoms with Crippen molar-refractivity contribution in [3.8, 4) is 17.2 Å². The minimum atomic E-state index is -0.168. The maximum Gasteiger partial charge on any atom is 0.318 e. The monoisotopic (exact) mass is 358 g/mol. The molecule has 0 aliphatic rings. The highest BCUT2D eigenvalue weighted by Gasteiger charge is 2.20. The predicted octanol–water partition coefficient (Wildman–Crippen LogP) is 3.70. The van der Waals surface area contributed by atoms with Crippen molar-refractivity contribution in [3.63, 3.8) is 0 Å². The average Bonchev–Trinajstić information content (AvgIpc) is 2.66. The van der Waals surface area contributed by atoms with Crippen molar-refractivity contribution in [2.45, 2.75) is 26.4 Å². The molecule has 0 radical (unpaired) electrons. The van der Waals surface area contributed by atoms with Gasteiger partial charge in [-0.1, -0.05) is 18.2 Å². The summed E-state index contributed by atoms with van der Waals surface area (Å²) in [4.78, 5) is 14.3. The molecular weight excluding hydrogens is 332 g/mol. The van der Waals surface area contributed by atoms with E-state index in [1.807, 2.05) is 38.1 Å². The highest BCUT2D eigenvalue weighted by atomic mass is 16.5. The van der Waals surface area contributed by atoms with E-state index in [9.17, 15) is 9.90 Å². The summed E-state index contributed by atoms with van der Waals surface area (Å²) in [5.74, 6) is 1.46. The number of hydrogen-bond acceptors (Lipinski definition) is 4. The van der Waals surface area contributed by atoms with Crippen LogP contribution in [-0.4, -0.2) is 36.8 Å². The third kappa shape index (κ3) is 4.59. The van der Waals surface area contributed by atoms with E-state index < -0.39 is 0 Å². The van der Waals surface area contributed by atoms with Crippen molar-refractivity contribution in [2.24, 2.45) is 0 Å². The fourth-order valence-corrected chi connectivity index (χ4v) is 2.83. The molecule has 0 aliphatic carbocycles. The van der Waals surface area contributed by atoms with Crippen LogP contribution in [0.3, 0.4) is 0 Å². The third-order valence-corrected chi connectivity index (χ3v) is 4.31. The summed E-state index contributed by atoms with van der Waals surface area (Å²) in [6.45, 7) is 4.79. The van der Waals surface area contributed by atoms with E-state index >= 15 is 0 Å². The van der Waals surface area contributed by atoms with Crippen molar-refractivity contribution >= 4 is 6.03 Å². The highest BCUT2D eigenvalue weighted by Crippen LogP contribution is 2.27. The van der Waals surface area contributed by atoms with Gasteiger partial charge < -0.3 is 24.8 Å². The van der Waals surface area contributed by atoms with E-state index in [4.69, 9.17) is 9.47 Å². The number of amides is 2. The molecule has 6 heteroatoms. The second kappa shape index (κ2) is 8.99. The van der Waals surface area contributed by atoms with Crippen LogP contribution in [0.1, 0.15) is 31.0 Å². The molecule has 0 heterocycles. The number of ether oxygens (including phenoxy) is 2. The van der Waals surface area contributed by atoms with Crippen LogP contribution >= 0.6 is 0 Å². The van der Waals surface area contributed by atoms with Crippen LogP contribution in [0.2, 0.25) is 0 Å². The number of phenolic OH excluding ortho intramolecular Hbond substituents is 1. The first kappa shape index (κ1) is 19.4. The average molecular weight is 358 g/mol. The number of nitrogens with one attached hydrogen (secondary N) is 1. The van der Waals surface area contributed by atoms with Crippen LogP contribution in [-0.2, 0) is 6.54 Å². The molecule has 0 aliphatic heterocycles. The lowest BCUT2D eigenvalue weighted by Gasteiger charge is -2.28. The SMILES string of the molecule is CCN(C(=O)NCc1ccc(OC)c(OC)c1)C(C)c1cccc(O)c1. The zero-order chi connectivity index (χ0) is 19.1. The number of benzene rings is 2. The van der Waals surface area contributed by atoms with Crippen molar-refractivity contribution in [3.05, 3.63) is 53.6 Å². The van der Waals surface area contributed by atoms with E-state index in [1.165, 1.54) is 0 Å². The zero-order valence-electron chi connectivity index (χ0n) is 15.7. The lowest BCUT2D eigenvalue weighted by atomic mass is 10.1. The van der Waals surface area contributed by atoms with Gasteiger partial charge in [-0.3, -0.25) is 0 Å². The largest absolute Gasteiger partial charge is 0.508 e. The van der Waals surface area contributed by atoms with Crippen LogP contribution in [0, 0.1) is 0 Å². The molecule has 26 heavy (non-hydrogen) atoms. The van der Waals surface area contributed by atoms with Gasteiger partial charge in [0.2, 0.25) is 0 Å². The first-order valence-electron chi connectivity index (χ1n) is 8.54. The molecule has 2 rings (SSSR count). The second-order valence-electron chi connectivity index (χ2n) is 5.91. The number of hydrogen-bond donors (Lipinski definition) is 2. The van der Waals surface area contributed by atoms with Gasteiger partial charge in [0.25, 0.3) is 0 Å². The van der Waals surface area contributed by atoms with Gasteiger partial charge in [0.05, 0.1) is 20.3 Å². The third-order valence-electron chi connectivity index (χ3n) is 4.31. The first-order chi connectivity index (χ1) is 12.5. The quantitative estimate of drug-likeness (QED) is 0.792. The fourth-order valence-electron chi connectivity index (χ4n) is 2.83. The van der Waals surface area contributed by atoms with Crippen molar-refractivity contribution in [1.82, 2.24) is 10.2 Å². The van der Waals surface area contributed by atoms with E-state index in [-0.39, 0.29) is 17.8 Å². The molecule has 1 unspecified atom stereocenters. The number of carbonyl (C=O) groups is 1. The Morgan fingerprint density at radius 3 is 2.50 bits per heavy atom. The lowest BCUT2D eigenvalue weighted by molar-refractivity contribution is 0.182. The van der Waals surface area contributed by atoms with E-state index in [2.05, 4.69) is 5.32 Å². The zero-order valence-corrected chi connectivity index (χ0v) is 15.7. The van der Waals surface area contributed by atoms with Crippen molar-refractivity contribution in [2.75, 3.05) is 20.8 Å². The van der Waals surface area contributed by atoms with Crippen molar-refractivity contribution in [1.29, 1.82) is 0 Å². The van der Waals surface area contributed by atoms with Crippen LogP contribution in [0.25, 0.3) is 0 Å². The molecule has 0 bridgehead atoms. The summed E-state index contributed by atoms with van der Waals surface area (Å²) in [5, 5.41) is 12.6. The summed E-state index contributed by atoms with van der Waals surface area (Å²) in [7, 11) is 3.16. The Morgan fingerprint density at radius 2 is 1.88 bits per heavy atom. The van der Waals surface area contributed by atoms with Gasteiger partial charge in [-0.05, 0) is 49.2 Å².